The quantitative estimate of drug-likeness (QED) is 0.593. The summed E-state index contributed by atoms with van der Waals surface area (Å²) in [6.45, 7) is 2.05. The van der Waals surface area contributed by atoms with Gasteiger partial charge >= 0.3 is 0 Å². The van der Waals surface area contributed by atoms with Gasteiger partial charge < -0.3 is 19.2 Å². The summed E-state index contributed by atoms with van der Waals surface area (Å²) in [6, 6.07) is 18.0. The second kappa shape index (κ2) is 9.79. The van der Waals surface area contributed by atoms with Crippen LogP contribution in [0.3, 0.4) is 0 Å². The van der Waals surface area contributed by atoms with E-state index in [4.69, 9.17) is 13.9 Å². The third-order valence-electron chi connectivity index (χ3n) is 5.95. The highest BCUT2D eigenvalue weighted by atomic mass is 16.5. The SMILES string of the molecule is COc1ccc(-c2cnc(CCC(=O)NCC3(c4ccccc4)CCOCC3)o2)cc1. The average Bonchev–Trinajstić information content (AvgIpc) is 3.32. The van der Waals surface area contributed by atoms with Crippen LogP contribution >= 0.6 is 0 Å². The van der Waals surface area contributed by atoms with Crippen LogP contribution in [0.1, 0.15) is 30.7 Å². The third-order valence-corrected chi connectivity index (χ3v) is 5.95. The van der Waals surface area contributed by atoms with Gasteiger partial charge in [0.1, 0.15) is 5.75 Å². The van der Waals surface area contributed by atoms with E-state index in [0.717, 1.165) is 37.4 Å². The van der Waals surface area contributed by atoms with Crippen molar-refractivity contribution in [3.05, 3.63) is 72.2 Å². The van der Waals surface area contributed by atoms with E-state index in [1.807, 2.05) is 30.3 Å². The normalized spacial score (nSPS) is 15.4. The van der Waals surface area contributed by atoms with Crippen molar-refractivity contribution >= 4 is 5.91 Å². The van der Waals surface area contributed by atoms with Gasteiger partial charge in [-0.25, -0.2) is 4.98 Å². The molecule has 6 nitrogen and oxygen atoms in total. The van der Waals surface area contributed by atoms with Crippen molar-refractivity contribution in [2.24, 2.45) is 0 Å². The van der Waals surface area contributed by atoms with Crippen molar-refractivity contribution in [1.29, 1.82) is 0 Å². The van der Waals surface area contributed by atoms with Crippen LogP contribution in [-0.4, -0.2) is 37.8 Å². The first-order valence-electron chi connectivity index (χ1n) is 10.7. The number of hydrogen-bond donors (Lipinski definition) is 1. The van der Waals surface area contributed by atoms with Crippen LogP contribution in [0.4, 0.5) is 0 Å². The molecule has 0 radical (unpaired) electrons. The second-order valence-corrected chi connectivity index (χ2v) is 7.88. The number of nitrogens with one attached hydrogen (secondary N) is 1. The third kappa shape index (κ3) is 5.14. The van der Waals surface area contributed by atoms with Gasteiger partial charge in [-0.15, -0.1) is 0 Å². The first kappa shape index (κ1) is 21.1. The summed E-state index contributed by atoms with van der Waals surface area (Å²) >= 11 is 0. The van der Waals surface area contributed by atoms with E-state index in [9.17, 15) is 4.79 Å². The monoisotopic (exact) mass is 420 g/mol. The van der Waals surface area contributed by atoms with Crippen LogP contribution in [0.15, 0.2) is 65.2 Å². The maximum Gasteiger partial charge on any atom is 0.220 e. The fraction of sp³-hybridized carbons (Fsp3) is 0.360. The van der Waals surface area contributed by atoms with E-state index in [0.29, 0.717) is 31.0 Å². The molecule has 0 unspecified atom stereocenters. The predicted molar refractivity (Wildman–Crippen MR) is 118 cm³/mol. The number of ether oxygens (including phenoxy) is 2. The number of carbonyl (C=O) groups is 1. The molecule has 3 aromatic rings. The van der Waals surface area contributed by atoms with Gasteiger partial charge in [0.25, 0.3) is 0 Å². The molecule has 162 valence electrons. The molecule has 0 atom stereocenters. The highest BCUT2D eigenvalue weighted by Crippen LogP contribution is 2.34. The molecule has 2 heterocycles. The van der Waals surface area contributed by atoms with Crippen molar-refractivity contribution in [1.82, 2.24) is 10.3 Å². The van der Waals surface area contributed by atoms with Gasteiger partial charge in [0, 0.05) is 43.6 Å². The molecule has 0 spiro atoms. The van der Waals surface area contributed by atoms with E-state index >= 15 is 0 Å². The fourth-order valence-electron chi connectivity index (χ4n) is 4.01. The molecule has 4 rings (SSSR count). The Morgan fingerprint density at radius 2 is 1.84 bits per heavy atom. The Balaban J connectivity index is 1.32. The lowest BCUT2D eigenvalue weighted by Gasteiger charge is -2.38. The molecule has 0 saturated carbocycles. The van der Waals surface area contributed by atoms with E-state index in [-0.39, 0.29) is 11.3 Å². The standard InChI is InChI=1S/C25H28N2O4/c1-29-21-9-7-19(8-10-21)22-17-26-24(31-22)12-11-23(28)27-18-25(13-15-30-16-14-25)20-5-3-2-4-6-20/h2-10,17H,11-16,18H2,1H3,(H,27,28). The van der Waals surface area contributed by atoms with Crippen LogP contribution < -0.4 is 10.1 Å². The van der Waals surface area contributed by atoms with Crippen molar-refractivity contribution < 1.29 is 18.7 Å². The first-order chi connectivity index (χ1) is 15.2. The highest BCUT2D eigenvalue weighted by molar-refractivity contribution is 5.76. The molecule has 0 bridgehead atoms. The molecule has 0 aliphatic carbocycles. The largest absolute Gasteiger partial charge is 0.497 e. The molecule has 1 aliphatic heterocycles. The smallest absolute Gasteiger partial charge is 0.220 e. The summed E-state index contributed by atoms with van der Waals surface area (Å²) < 4.78 is 16.6. The number of aryl methyl sites for hydroxylation is 1. The number of hydrogen-bond acceptors (Lipinski definition) is 5. The van der Waals surface area contributed by atoms with Crippen molar-refractivity contribution in [2.75, 3.05) is 26.9 Å². The van der Waals surface area contributed by atoms with Gasteiger partial charge in [0.05, 0.1) is 13.3 Å². The molecule has 1 amide bonds. The lowest BCUT2D eigenvalue weighted by molar-refractivity contribution is -0.121. The minimum Gasteiger partial charge on any atom is -0.497 e. The van der Waals surface area contributed by atoms with Crippen molar-refractivity contribution in [3.8, 4) is 17.1 Å². The Morgan fingerprint density at radius 3 is 2.55 bits per heavy atom. The summed E-state index contributed by atoms with van der Waals surface area (Å²) in [7, 11) is 1.64. The second-order valence-electron chi connectivity index (χ2n) is 7.88. The van der Waals surface area contributed by atoms with Crippen molar-refractivity contribution in [3.63, 3.8) is 0 Å². The van der Waals surface area contributed by atoms with Gasteiger partial charge in [0.15, 0.2) is 11.7 Å². The minimum absolute atomic E-state index is 0.00555. The fourth-order valence-corrected chi connectivity index (χ4v) is 4.01. The van der Waals surface area contributed by atoms with Gasteiger partial charge in [-0.3, -0.25) is 4.79 Å². The molecule has 1 fully saturated rings. The number of aromatic nitrogens is 1. The summed E-state index contributed by atoms with van der Waals surface area (Å²) in [5.74, 6) is 2.04. The predicted octanol–water partition coefficient (Wildman–Crippen LogP) is 4.15. The zero-order valence-corrected chi connectivity index (χ0v) is 17.8. The Labute approximate surface area is 182 Å². The number of methoxy groups -OCH3 is 1. The van der Waals surface area contributed by atoms with Gasteiger partial charge in [-0.2, -0.15) is 0 Å². The zero-order chi connectivity index (χ0) is 21.5. The van der Waals surface area contributed by atoms with Gasteiger partial charge in [-0.05, 0) is 42.7 Å². The molecular formula is C25H28N2O4. The number of oxazole rings is 1. The van der Waals surface area contributed by atoms with Crippen LogP contribution in [0, 0.1) is 0 Å². The Bertz CT molecular complexity index is 976. The number of rotatable bonds is 8. The average molecular weight is 421 g/mol. The maximum absolute atomic E-state index is 12.6. The maximum atomic E-state index is 12.6. The number of amides is 1. The molecule has 6 heteroatoms. The van der Waals surface area contributed by atoms with E-state index in [2.05, 4.69) is 34.6 Å². The molecular weight excluding hydrogens is 392 g/mol. The lowest BCUT2D eigenvalue weighted by Crippen LogP contribution is -2.44. The minimum atomic E-state index is -0.0698. The molecule has 1 N–H and O–H groups in total. The Hall–Kier alpha value is -3.12. The zero-order valence-electron chi connectivity index (χ0n) is 17.8. The first-order valence-corrected chi connectivity index (χ1v) is 10.7. The number of carbonyl (C=O) groups excluding carboxylic acids is 1. The Kier molecular flexibility index (Phi) is 6.67. The molecule has 31 heavy (non-hydrogen) atoms. The van der Waals surface area contributed by atoms with E-state index in [1.54, 1.807) is 13.3 Å². The summed E-state index contributed by atoms with van der Waals surface area (Å²) in [6.07, 6.45) is 4.30. The summed E-state index contributed by atoms with van der Waals surface area (Å²) in [5.41, 5.74) is 2.11. The van der Waals surface area contributed by atoms with Gasteiger partial charge in [0.2, 0.25) is 5.91 Å². The van der Waals surface area contributed by atoms with Crippen LogP contribution in [0.2, 0.25) is 0 Å². The topological polar surface area (TPSA) is 73.6 Å². The lowest BCUT2D eigenvalue weighted by atomic mass is 9.74. The van der Waals surface area contributed by atoms with E-state index in [1.165, 1.54) is 5.56 Å². The summed E-state index contributed by atoms with van der Waals surface area (Å²) in [5, 5.41) is 3.14. The van der Waals surface area contributed by atoms with E-state index < -0.39 is 0 Å². The molecule has 2 aromatic carbocycles. The molecule has 1 saturated heterocycles. The molecule has 1 aliphatic rings. The van der Waals surface area contributed by atoms with Crippen molar-refractivity contribution in [2.45, 2.75) is 31.1 Å². The van der Waals surface area contributed by atoms with Crippen LogP contribution in [0.25, 0.3) is 11.3 Å². The number of benzene rings is 2. The van der Waals surface area contributed by atoms with Crippen LogP contribution in [-0.2, 0) is 21.4 Å². The Morgan fingerprint density at radius 1 is 1.10 bits per heavy atom. The summed E-state index contributed by atoms with van der Waals surface area (Å²) in [4.78, 5) is 16.9. The number of nitrogens with zero attached hydrogens (tertiary/aromatic N) is 1. The van der Waals surface area contributed by atoms with Crippen LogP contribution in [0.5, 0.6) is 5.75 Å². The van der Waals surface area contributed by atoms with Gasteiger partial charge in [-0.1, -0.05) is 30.3 Å². The highest BCUT2D eigenvalue weighted by Gasteiger charge is 2.34. The molecule has 1 aromatic heterocycles.